The number of hydrogen-bond acceptors (Lipinski definition) is 2. The van der Waals surface area contributed by atoms with Gasteiger partial charge in [-0.3, -0.25) is 0 Å². The van der Waals surface area contributed by atoms with Gasteiger partial charge in [-0.15, -0.1) is 12.4 Å². The Bertz CT molecular complexity index is 1120. The van der Waals surface area contributed by atoms with Crippen molar-refractivity contribution in [1.82, 2.24) is 10.3 Å². The van der Waals surface area contributed by atoms with Crippen LogP contribution < -0.4 is 10.1 Å². The van der Waals surface area contributed by atoms with Crippen LogP contribution in [-0.4, -0.2) is 24.7 Å². The van der Waals surface area contributed by atoms with E-state index < -0.39 is 0 Å². The minimum Gasteiger partial charge on any atom is -0.494 e. The molecule has 3 aromatic carbocycles. The van der Waals surface area contributed by atoms with Gasteiger partial charge < -0.3 is 15.0 Å². The van der Waals surface area contributed by atoms with Crippen molar-refractivity contribution in [3.05, 3.63) is 77.5 Å². The van der Waals surface area contributed by atoms with Crippen molar-refractivity contribution in [3.8, 4) is 5.75 Å². The van der Waals surface area contributed by atoms with Gasteiger partial charge in [0.2, 0.25) is 0 Å². The van der Waals surface area contributed by atoms with E-state index in [1.165, 1.54) is 38.5 Å². The minimum absolute atomic E-state index is 0. The number of halogens is 1. The molecule has 0 saturated heterocycles. The highest BCUT2D eigenvalue weighted by atomic mass is 35.5. The predicted octanol–water partition coefficient (Wildman–Crippen LogP) is 5.44. The molecule has 0 unspecified atom stereocenters. The molecule has 2 N–H and O–H groups in total. The number of benzene rings is 3. The van der Waals surface area contributed by atoms with Crippen molar-refractivity contribution in [1.29, 1.82) is 0 Å². The Balaban J connectivity index is 0.00000205. The number of hydrogen-bond donors (Lipinski definition) is 2. The van der Waals surface area contributed by atoms with Gasteiger partial charge in [-0.05, 0) is 65.9 Å². The molecule has 0 bridgehead atoms. The van der Waals surface area contributed by atoms with Gasteiger partial charge >= 0.3 is 0 Å². The van der Waals surface area contributed by atoms with E-state index in [4.69, 9.17) is 4.74 Å². The summed E-state index contributed by atoms with van der Waals surface area (Å²) in [5.41, 5.74) is 5.67. The summed E-state index contributed by atoms with van der Waals surface area (Å²) in [6.07, 6.45) is 4.27. The van der Waals surface area contributed by atoms with Crippen molar-refractivity contribution in [2.75, 3.05) is 19.7 Å². The molecule has 0 atom stereocenters. The van der Waals surface area contributed by atoms with Gasteiger partial charge in [-0.2, -0.15) is 0 Å². The summed E-state index contributed by atoms with van der Waals surface area (Å²) in [4.78, 5) is 3.66. The van der Waals surface area contributed by atoms with Crippen LogP contribution in [0.25, 0.3) is 21.7 Å². The maximum absolute atomic E-state index is 6.04. The number of aromatic amines is 1. The van der Waals surface area contributed by atoms with E-state index in [0.29, 0.717) is 0 Å². The first kappa shape index (κ1) is 19.8. The van der Waals surface area contributed by atoms with Gasteiger partial charge in [0, 0.05) is 29.6 Å². The Hall–Kier alpha value is -2.49. The summed E-state index contributed by atoms with van der Waals surface area (Å²) >= 11 is 0. The summed E-state index contributed by atoms with van der Waals surface area (Å²) < 4.78 is 6.04. The van der Waals surface area contributed by atoms with Crippen molar-refractivity contribution < 1.29 is 4.74 Å². The fourth-order valence-electron chi connectivity index (χ4n) is 4.41. The Kier molecular flexibility index (Phi) is 6.08. The lowest BCUT2D eigenvalue weighted by atomic mass is 9.99. The van der Waals surface area contributed by atoms with Crippen LogP contribution in [0.2, 0.25) is 0 Å². The van der Waals surface area contributed by atoms with E-state index in [1.54, 1.807) is 0 Å². The Morgan fingerprint density at radius 2 is 1.72 bits per heavy atom. The Labute approximate surface area is 177 Å². The smallest absolute Gasteiger partial charge is 0.119 e. The summed E-state index contributed by atoms with van der Waals surface area (Å²) in [5, 5.41) is 7.44. The second-order valence-corrected chi connectivity index (χ2v) is 7.63. The molecule has 0 fully saturated rings. The zero-order valence-corrected chi connectivity index (χ0v) is 17.4. The van der Waals surface area contributed by atoms with Crippen LogP contribution in [0.5, 0.6) is 5.75 Å². The van der Waals surface area contributed by atoms with Crippen LogP contribution in [0.15, 0.2) is 60.7 Å². The number of fused-ring (bicyclic) bond motifs is 4. The molecule has 0 radical (unpaired) electrons. The molecule has 1 aromatic heterocycles. The van der Waals surface area contributed by atoms with Gasteiger partial charge in [0.25, 0.3) is 0 Å². The molecular formula is C25H27ClN2O. The van der Waals surface area contributed by atoms with E-state index in [1.807, 2.05) is 0 Å². The number of H-pyrrole nitrogens is 1. The second kappa shape index (κ2) is 8.89. The Morgan fingerprint density at radius 3 is 2.66 bits per heavy atom. The third-order valence-corrected chi connectivity index (χ3v) is 5.79. The number of nitrogens with one attached hydrogen (secondary N) is 2. The standard InChI is InChI=1S/C25H26N2O.ClH/c1-2-6-20-17-21(11-10-18(20)5-1)28-16-4-8-19-7-3-9-24-25(19)22-12-14-26-15-13-23(22)27-24;/h1-3,5-7,9-11,17,26-27H,4,8,12-16H2;1H. The first-order chi connectivity index (χ1) is 13.9. The van der Waals surface area contributed by atoms with Gasteiger partial charge in [0.1, 0.15) is 5.75 Å². The third-order valence-electron chi connectivity index (χ3n) is 5.79. The highest BCUT2D eigenvalue weighted by Crippen LogP contribution is 2.29. The van der Waals surface area contributed by atoms with Gasteiger partial charge in [0.15, 0.2) is 0 Å². The van der Waals surface area contributed by atoms with Crippen molar-refractivity contribution in [3.63, 3.8) is 0 Å². The van der Waals surface area contributed by atoms with Crippen molar-refractivity contribution >= 4 is 34.1 Å². The maximum Gasteiger partial charge on any atom is 0.119 e. The summed E-state index contributed by atoms with van der Waals surface area (Å²) in [6, 6.07) is 21.4. The second-order valence-electron chi connectivity index (χ2n) is 7.63. The molecule has 0 spiro atoms. The molecule has 4 heteroatoms. The molecule has 1 aliphatic heterocycles. The molecule has 3 nitrogen and oxygen atoms in total. The average Bonchev–Trinajstić information content (AvgIpc) is 2.93. The predicted molar refractivity (Wildman–Crippen MR) is 124 cm³/mol. The quantitative estimate of drug-likeness (QED) is 0.433. The van der Waals surface area contributed by atoms with Gasteiger partial charge in [-0.25, -0.2) is 0 Å². The molecule has 150 valence electrons. The molecule has 1 aliphatic rings. The van der Waals surface area contributed by atoms with Gasteiger partial charge in [-0.1, -0.05) is 42.5 Å². The lowest BCUT2D eigenvalue weighted by molar-refractivity contribution is 0.311. The zero-order valence-electron chi connectivity index (χ0n) is 16.5. The molecule has 0 saturated carbocycles. The van der Waals surface area contributed by atoms with Gasteiger partial charge in [0.05, 0.1) is 6.61 Å². The summed E-state index contributed by atoms with van der Waals surface area (Å²) in [5.74, 6) is 0.957. The molecular weight excluding hydrogens is 380 g/mol. The normalized spacial score (nSPS) is 13.7. The van der Waals surface area contributed by atoms with E-state index in [9.17, 15) is 0 Å². The summed E-state index contributed by atoms with van der Waals surface area (Å²) in [7, 11) is 0. The molecule has 2 heterocycles. The van der Waals surface area contributed by atoms with Crippen LogP contribution in [0.3, 0.4) is 0 Å². The first-order valence-electron chi connectivity index (χ1n) is 10.3. The number of ether oxygens (including phenoxy) is 1. The van der Waals surface area contributed by atoms with E-state index in [2.05, 4.69) is 71.0 Å². The van der Waals surface area contributed by atoms with Crippen LogP contribution >= 0.6 is 12.4 Å². The first-order valence-corrected chi connectivity index (χ1v) is 10.3. The zero-order chi connectivity index (χ0) is 18.8. The van der Waals surface area contributed by atoms with Crippen molar-refractivity contribution in [2.24, 2.45) is 0 Å². The van der Waals surface area contributed by atoms with Crippen molar-refractivity contribution in [2.45, 2.75) is 25.7 Å². The fraction of sp³-hybridized carbons (Fsp3) is 0.280. The molecule has 29 heavy (non-hydrogen) atoms. The van der Waals surface area contributed by atoms with E-state index >= 15 is 0 Å². The molecule has 5 rings (SSSR count). The largest absolute Gasteiger partial charge is 0.494 e. The lowest BCUT2D eigenvalue weighted by Crippen LogP contribution is -2.16. The van der Waals surface area contributed by atoms with Crippen LogP contribution in [0.1, 0.15) is 23.2 Å². The monoisotopic (exact) mass is 406 g/mol. The SMILES string of the molecule is Cl.c1ccc2cc(OCCCc3cccc4[nH]c5c(c34)CCNCC5)ccc2c1. The molecule has 0 aliphatic carbocycles. The highest BCUT2D eigenvalue weighted by Gasteiger charge is 2.16. The average molecular weight is 407 g/mol. The minimum atomic E-state index is 0. The van der Waals surface area contributed by atoms with E-state index in [0.717, 1.165) is 51.1 Å². The maximum atomic E-state index is 6.04. The van der Waals surface area contributed by atoms with Crippen LogP contribution in [0.4, 0.5) is 0 Å². The summed E-state index contributed by atoms with van der Waals surface area (Å²) in [6.45, 7) is 2.87. The molecule has 4 aromatic rings. The number of aromatic nitrogens is 1. The molecule has 0 amide bonds. The van der Waals surface area contributed by atoms with E-state index in [-0.39, 0.29) is 12.4 Å². The lowest BCUT2D eigenvalue weighted by Gasteiger charge is -2.09. The van der Waals surface area contributed by atoms with Crippen LogP contribution in [-0.2, 0) is 19.3 Å². The fourth-order valence-corrected chi connectivity index (χ4v) is 4.41. The Morgan fingerprint density at radius 1 is 0.862 bits per heavy atom. The topological polar surface area (TPSA) is 37.0 Å². The number of aryl methyl sites for hydroxylation is 1. The third kappa shape index (κ3) is 4.12. The van der Waals surface area contributed by atoms with Crippen LogP contribution in [0, 0.1) is 0 Å². The number of rotatable bonds is 5. The highest BCUT2D eigenvalue weighted by molar-refractivity contribution is 5.88.